The lowest BCUT2D eigenvalue weighted by atomic mass is 10.1. The minimum Gasteiger partial charge on any atom is -0.421 e. The molecule has 0 aromatic heterocycles. The molecule has 41 heavy (non-hydrogen) atoms. The van der Waals surface area contributed by atoms with Crippen LogP contribution in [-0.4, -0.2) is 28.9 Å². The van der Waals surface area contributed by atoms with Gasteiger partial charge in [-0.25, -0.2) is 10.2 Å². The van der Waals surface area contributed by atoms with E-state index in [-0.39, 0.29) is 22.6 Å². The predicted molar refractivity (Wildman–Crippen MR) is 161 cm³/mol. The number of nitro benzene ring substituents is 1. The summed E-state index contributed by atoms with van der Waals surface area (Å²) >= 11 is 12.8. The summed E-state index contributed by atoms with van der Waals surface area (Å²) < 4.78 is 6.57. The molecule has 0 bridgehead atoms. The zero-order valence-electron chi connectivity index (χ0n) is 20.6. The van der Waals surface area contributed by atoms with Crippen molar-refractivity contribution < 1.29 is 24.0 Å². The highest BCUT2D eigenvalue weighted by atomic mass is 79.9. The summed E-state index contributed by atoms with van der Waals surface area (Å²) in [5.41, 5.74) is 3.56. The number of hydrazone groups is 1. The molecule has 0 saturated heterocycles. The molecule has 2 N–H and O–H groups in total. The molecule has 0 aliphatic carbocycles. The fraction of sp³-hybridized carbons (Fsp3) is 0. The number of carbonyl (C=O) groups excluding carboxylic acids is 3. The molecule has 0 heterocycles. The average molecular weight is 701 g/mol. The van der Waals surface area contributed by atoms with Gasteiger partial charge in [-0.05, 0) is 70.5 Å². The van der Waals surface area contributed by atoms with Gasteiger partial charge in [0, 0.05) is 33.4 Å². The third-order valence-corrected chi connectivity index (χ3v) is 6.79. The molecular weight excluding hydrogens is 684 g/mol. The normalized spacial score (nSPS) is 10.7. The van der Waals surface area contributed by atoms with Gasteiger partial charge in [0.1, 0.15) is 0 Å². The molecule has 2 amide bonds. The Hall–Kier alpha value is -4.39. The first-order chi connectivity index (χ1) is 19.6. The van der Waals surface area contributed by atoms with Gasteiger partial charge in [-0.2, -0.15) is 5.10 Å². The fourth-order valence-corrected chi connectivity index (χ4v) is 5.02. The van der Waals surface area contributed by atoms with Crippen LogP contribution in [0, 0.1) is 10.1 Å². The van der Waals surface area contributed by atoms with Crippen molar-refractivity contribution in [2.45, 2.75) is 0 Å². The zero-order chi connectivity index (χ0) is 29.5. The predicted octanol–water partition coefficient (Wildman–Crippen LogP) is 7.01. The topological polar surface area (TPSA) is 140 Å². The Morgan fingerprint density at radius 3 is 2.34 bits per heavy atom. The van der Waals surface area contributed by atoms with Crippen LogP contribution in [-0.2, 0) is 0 Å². The van der Waals surface area contributed by atoms with E-state index < -0.39 is 22.7 Å². The number of ether oxygens (including phenoxy) is 1. The van der Waals surface area contributed by atoms with E-state index in [9.17, 15) is 24.5 Å². The number of nitrogens with one attached hydrogen (secondary N) is 2. The molecule has 0 radical (unpaired) electrons. The van der Waals surface area contributed by atoms with Crippen LogP contribution >= 0.6 is 43.5 Å². The van der Waals surface area contributed by atoms with E-state index in [4.69, 9.17) is 16.3 Å². The van der Waals surface area contributed by atoms with Gasteiger partial charge in [0.2, 0.25) is 0 Å². The van der Waals surface area contributed by atoms with Gasteiger partial charge in [-0.3, -0.25) is 19.7 Å². The van der Waals surface area contributed by atoms with E-state index in [0.717, 1.165) is 0 Å². The van der Waals surface area contributed by atoms with Crippen molar-refractivity contribution in [1.82, 2.24) is 5.43 Å². The average Bonchev–Trinajstić information content (AvgIpc) is 2.95. The number of anilines is 1. The zero-order valence-corrected chi connectivity index (χ0v) is 24.6. The van der Waals surface area contributed by atoms with Gasteiger partial charge in [-0.15, -0.1) is 0 Å². The van der Waals surface area contributed by atoms with Crippen LogP contribution in [0.5, 0.6) is 5.75 Å². The van der Waals surface area contributed by atoms with Crippen molar-refractivity contribution in [3.8, 4) is 5.75 Å². The van der Waals surface area contributed by atoms with Crippen LogP contribution in [0.1, 0.15) is 36.6 Å². The van der Waals surface area contributed by atoms with E-state index in [0.29, 0.717) is 30.8 Å². The molecule has 0 aliphatic heterocycles. The van der Waals surface area contributed by atoms with Crippen LogP contribution in [0.4, 0.5) is 11.4 Å². The number of carbonyl (C=O) groups is 3. The first-order valence-corrected chi connectivity index (χ1v) is 13.5. The molecule has 4 aromatic carbocycles. The second-order valence-electron chi connectivity index (χ2n) is 8.21. The molecule has 4 aromatic rings. The molecular formula is C28H17Br2ClN4O6. The quantitative estimate of drug-likeness (QED) is 0.0667. The molecule has 206 valence electrons. The molecule has 4 rings (SSSR count). The van der Waals surface area contributed by atoms with E-state index >= 15 is 0 Å². The monoisotopic (exact) mass is 698 g/mol. The maximum atomic E-state index is 12.7. The summed E-state index contributed by atoms with van der Waals surface area (Å²) in [6.07, 6.45) is 1.29. The number of hydrogen-bond donors (Lipinski definition) is 2. The van der Waals surface area contributed by atoms with E-state index in [1.807, 2.05) is 0 Å². The van der Waals surface area contributed by atoms with E-state index in [1.165, 1.54) is 36.5 Å². The first kappa shape index (κ1) is 29.6. The molecule has 0 aliphatic rings. The third kappa shape index (κ3) is 7.63. The summed E-state index contributed by atoms with van der Waals surface area (Å²) in [6.45, 7) is 0. The summed E-state index contributed by atoms with van der Waals surface area (Å²) in [6, 6.07) is 21.1. The number of benzene rings is 4. The second-order valence-corrected chi connectivity index (χ2v) is 10.4. The van der Waals surface area contributed by atoms with E-state index in [1.54, 1.807) is 54.6 Å². The van der Waals surface area contributed by atoms with Crippen LogP contribution in [0.2, 0.25) is 5.02 Å². The fourth-order valence-electron chi connectivity index (χ4n) is 3.46. The van der Waals surface area contributed by atoms with E-state index in [2.05, 4.69) is 47.7 Å². The van der Waals surface area contributed by atoms with Gasteiger partial charge in [0.15, 0.2) is 5.75 Å². The maximum absolute atomic E-state index is 12.7. The minimum atomic E-state index is -0.753. The molecule has 0 saturated carbocycles. The van der Waals surface area contributed by atoms with Crippen molar-refractivity contribution in [3.05, 3.63) is 131 Å². The number of nitro groups is 1. The Balaban J connectivity index is 1.46. The van der Waals surface area contributed by atoms with Crippen molar-refractivity contribution in [2.75, 3.05) is 5.32 Å². The van der Waals surface area contributed by atoms with Crippen molar-refractivity contribution in [1.29, 1.82) is 0 Å². The van der Waals surface area contributed by atoms with Crippen molar-refractivity contribution in [3.63, 3.8) is 0 Å². The minimum absolute atomic E-state index is 0.100. The lowest BCUT2D eigenvalue weighted by molar-refractivity contribution is -0.384. The Bertz CT molecular complexity index is 1700. The smallest absolute Gasteiger partial charge is 0.343 e. The lowest BCUT2D eigenvalue weighted by Gasteiger charge is -2.11. The van der Waals surface area contributed by atoms with Crippen LogP contribution in [0.15, 0.2) is 99.0 Å². The summed E-state index contributed by atoms with van der Waals surface area (Å²) in [4.78, 5) is 48.3. The maximum Gasteiger partial charge on any atom is 0.343 e. The molecule has 0 spiro atoms. The largest absolute Gasteiger partial charge is 0.421 e. The van der Waals surface area contributed by atoms with Gasteiger partial charge in [-0.1, -0.05) is 45.7 Å². The first-order valence-electron chi connectivity index (χ1n) is 11.6. The van der Waals surface area contributed by atoms with Crippen molar-refractivity contribution >= 4 is 78.8 Å². The highest BCUT2D eigenvalue weighted by Crippen LogP contribution is 2.33. The molecule has 13 heteroatoms. The third-order valence-electron chi connectivity index (χ3n) is 5.42. The second kappa shape index (κ2) is 13.3. The number of halogens is 3. The Labute approximate surface area is 254 Å². The Morgan fingerprint density at radius 2 is 1.63 bits per heavy atom. The number of hydrogen-bond acceptors (Lipinski definition) is 7. The van der Waals surface area contributed by atoms with Gasteiger partial charge >= 0.3 is 5.97 Å². The highest BCUT2D eigenvalue weighted by molar-refractivity contribution is 9.11. The number of esters is 1. The number of amides is 2. The summed E-state index contributed by atoms with van der Waals surface area (Å²) in [7, 11) is 0. The summed E-state index contributed by atoms with van der Waals surface area (Å²) in [5.74, 6) is -1.63. The van der Waals surface area contributed by atoms with Crippen LogP contribution in [0.3, 0.4) is 0 Å². The van der Waals surface area contributed by atoms with Gasteiger partial charge in [0.25, 0.3) is 17.5 Å². The Kier molecular flexibility index (Phi) is 9.61. The van der Waals surface area contributed by atoms with Crippen LogP contribution in [0.25, 0.3) is 0 Å². The molecule has 0 fully saturated rings. The van der Waals surface area contributed by atoms with Crippen LogP contribution < -0.4 is 15.5 Å². The SMILES string of the molecule is O=C(NN=Cc1cc(Br)cc(Br)c1OC(=O)c1ccc([N+](=O)[O-])cc1)c1cccc(NC(=O)c2ccccc2Cl)c1. The number of nitrogens with zero attached hydrogens (tertiary/aromatic N) is 2. The molecule has 0 atom stereocenters. The summed E-state index contributed by atoms with van der Waals surface area (Å²) in [5, 5.41) is 17.9. The standard InChI is InChI=1S/C28H17Br2ClN4O6/c29-19-12-18(25(23(30)14-19)41-28(38)16-8-10-21(11-9-16)35(39)40)15-32-34-26(36)17-4-3-5-20(13-17)33-27(37)22-6-1-2-7-24(22)31/h1-15H,(H,33,37)(H,34,36). The van der Waals surface area contributed by atoms with Gasteiger partial charge in [0.05, 0.1) is 31.8 Å². The Morgan fingerprint density at radius 1 is 0.902 bits per heavy atom. The van der Waals surface area contributed by atoms with Crippen molar-refractivity contribution in [2.24, 2.45) is 5.10 Å². The highest BCUT2D eigenvalue weighted by Gasteiger charge is 2.17. The molecule has 10 nitrogen and oxygen atoms in total. The number of non-ortho nitro benzene ring substituents is 1. The van der Waals surface area contributed by atoms with Gasteiger partial charge < -0.3 is 10.1 Å². The lowest BCUT2D eigenvalue weighted by Crippen LogP contribution is -2.18. The molecule has 0 unspecified atom stereocenters. The number of rotatable bonds is 8.